The third kappa shape index (κ3) is 4.04. The molecule has 0 amide bonds. The molecule has 0 bridgehead atoms. The van der Waals surface area contributed by atoms with Crippen molar-refractivity contribution in [1.29, 1.82) is 0 Å². The molecule has 0 heterocycles. The Morgan fingerprint density at radius 1 is 0.517 bits per heavy atom. The van der Waals surface area contributed by atoms with E-state index in [0.29, 0.717) is 0 Å². The fourth-order valence-corrected chi connectivity index (χ4v) is 24.9. The van der Waals surface area contributed by atoms with Crippen LogP contribution in [-0.4, -0.2) is 17.0 Å². The van der Waals surface area contributed by atoms with Gasteiger partial charge in [0.15, 0.2) is 0 Å². The molecule has 0 aliphatic carbocycles. The Labute approximate surface area is 181 Å². The van der Waals surface area contributed by atoms with Gasteiger partial charge in [0.1, 0.15) is 0 Å². The molecule has 0 aromatic heterocycles. The molecule has 0 radical (unpaired) electrons. The van der Waals surface area contributed by atoms with Crippen LogP contribution in [0.1, 0.15) is 16.7 Å². The molecule has 0 fully saturated rings. The molecule has 2 heteroatoms. The summed E-state index contributed by atoms with van der Waals surface area (Å²) in [6, 6.07) is 38.3. The first kappa shape index (κ1) is 20.3. The summed E-state index contributed by atoms with van der Waals surface area (Å²) in [5.41, 5.74) is 4.11. The van der Waals surface area contributed by atoms with Crippen LogP contribution in [0.15, 0.2) is 108 Å². The zero-order chi connectivity index (χ0) is 20.3. The Morgan fingerprint density at radius 2 is 0.862 bits per heavy atom. The van der Waals surface area contributed by atoms with E-state index in [9.17, 15) is 0 Å². The van der Waals surface area contributed by atoms with Crippen LogP contribution in [0.4, 0.5) is 0 Å². The van der Waals surface area contributed by atoms with E-state index in [2.05, 4.69) is 133 Å². The number of hydrogen-bond acceptors (Lipinski definition) is 1. The van der Waals surface area contributed by atoms with Crippen LogP contribution >= 0.6 is 8.95 Å². The van der Waals surface area contributed by atoms with Gasteiger partial charge in [0.05, 0.1) is 0 Å². The van der Waals surface area contributed by atoms with E-state index in [1.54, 1.807) is 0 Å². The first-order chi connectivity index (χ1) is 14.1. The van der Waals surface area contributed by atoms with Gasteiger partial charge in [-0.2, -0.15) is 0 Å². The fraction of sp³-hybridized carbons (Fsp3) is 0.111. The van der Waals surface area contributed by atoms with Crippen molar-refractivity contribution in [2.24, 2.45) is 0 Å². The van der Waals surface area contributed by atoms with Gasteiger partial charge < -0.3 is 0 Å². The second kappa shape index (κ2) is 8.81. The monoisotopic (exact) mass is 502 g/mol. The third-order valence-corrected chi connectivity index (χ3v) is 25.5. The summed E-state index contributed by atoms with van der Waals surface area (Å²) in [6.45, 7) is 6.72. The van der Waals surface area contributed by atoms with Gasteiger partial charge in [-0.15, -0.1) is 0 Å². The molecule has 4 aromatic carbocycles. The molecule has 144 valence electrons. The molecule has 29 heavy (non-hydrogen) atoms. The third-order valence-electron chi connectivity index (χ3n) is 5.40. The zero-order valence-electron chi connectivity index (χ0n) is 17.2. The minimum atomic E-state index is -3.35. The fourth-order valence-electron chi connectivity index (χ4n) is 4.18. The van der Waals surface area contributed by atoms with Crippen molar-refractivity contribution in [3.05, 3.63) is 120 Å². The maximum atomic E-state index is 2.35. The minimum absolute atomic E-state index is 1.34. The number of aryl methyl sites for hydroxylation is 3. The van der Waals surface area contributed by atoms with Crippen molar-refractivity contribution in [2.45, 2.75) is 25.7 Å². The Kier molecular flexibility index (Phi) is 6.17. The predicted molar refractivity (Wildman–Crippen MR) is 130 cm³/mol. The van der Waals surface area contributed by atoms with Gasteiger partial charge in [-0.05, 0) is 0 Å². The van der Waals surface area contributed by atoms with Crippen LogP contribution in [0, 0.1) is 20.8 Å². The van der Waals surface area contributed by atoms with Gasteiger partial charge in [-0.1, -0.05) is 0 Å². The van der Waals surface area contributed by atoms with Crippen molar-refractivity contribution in [3.8, 4) is 0 Å². The first-order valence-electron chi connectivity index (χ1n) is 10.0. The van der Waals surface area contributed by atoms with E-state index >= 15 is 0 Å². The Hall–Kier alpha value is -1.97. The summed E-state index contributed by atoms with van der Waals surface area (Å²) in [5.74, 6) is 0. The van der Waals surface area contributed by atoms with Crippen molar-refractivity contribution < 1.29 is 0 Å². The summed E-state index contributed by atoms with van der Waals surface area (Å²) in [6.07, 6.45) is 0. The van der Waals surface area contributed by atoms with Crippen molar-refractivity contribution in [3.63, 3.8) is 0 Å². The van der Waals surface area contributed by atoms with E-state index in [0.717, 1.165) is 0 Å². The average Bonchev–Trinajstić information content (AvgIpc) is 2.75. The number of hydrogen-bond donors (Lipinski definition) is 0. The zero-order valence-corrected chi connectivity index (χ0v) is 20.9. The molecule has 0 spiro atoms. The van der Waals surface area contributed by atoms with Gasteiger partial charge in [-0.25, -0.2) is 0 Å². The standard InChI is InChI=1S/C9H12S.3C6H5.Sn/c1-6-4-7(2)9(10)8(3)5-6;3*1-2-4-6-5-3-1;/h4-5,10H,1-3H3;3*1-5H;/q;;;;+1/p-1. The summed E-state index contributed by atoms with van der Waals surface area (Å²) in [7, 11) is 2.17. The summed E-state index contributed by atoms with van der Waals surface area (Å²) in [4.78, 5) is 1.45. The van der Waals surface area contributed by atoms with Crippen LogP contribution in [0.3, 0.4) is 0 Å². The van der Waals surface area contributed by atoms with Gasteiger partial charge in [0, 0.05) is 0 Å². The summed E-state index contributed by atoms with van der Waals surface area (Å²) >= 11 is -3.35. The topological polar surface area (TPSA) is 0 Å². The summed E-state index contributed by atoms with van der Waals surface area (Å²) < 4.78 is 4.51. The van der Waals surface area contributed by atoms with Crippen LogP contribution < -0.4 is 10.7 Å². The maximum absolute atomic E-state index is 3.35. The Bertz CT molecular complexity index is 970. The predicted octanol–water partition coefficient (Wildman–Crippen LogP) is 5.37. The molecule has 4 aromatic rings. The molecule has 0 N–H and O–H groups in total. The van der Waals surface area contributed by atoms with E-state index in [-0.39, 0.29) is 0 Å². The Balaban J connectivity index is 2.04. The molecule has 0 nitrogen and oxygen atoms in total. The quantitative estimate of drug-likeness (QED) is 0.332. The summed E-state index contributed by atoms with van der Waals surface area (Å²) in [5, 5.41) is 0. The Morgan fingerprint density at radius 3 is 1.21 bits per heavy atom. The number of rotatable bonds is 5. The van der Waals surface area contributed by atoms with Crippen LogP contribution in [0.25, 0.3) is 0 Å². The number of benzene rings is 4. The second-order valence-corrected chi connectivity index (χ2v) is 22.9. The van der Waals surface area contributed by atoms with E-state index < -0.39 is 17.0 Å². The van der Waals surface area contributed by atoms with E-state index in [1.165, 1.54) is 32.3 Å². The van der Waals surface area contributed by atoms with Crippen LogP contribution in [0.5, 0.6) is 0 Å². The molecule has 0 saturated heterocycles. The molecule has 0 atom stereocenters. The molecule has 0 aliphatic heterocycles. The molecule has 0 saturated carbocycles. The normalized spacial score (nSPS) is 11.4. The molecule has 0 aliphatic rings. The second-order valence-electron chi connectivity index (χ2n) is 7.61. The van der Waals surface area contributed by atoms with Crippen LogP contribution in [0.2, 0.25) is 0 Å². The van der Waals surface area contributed by atoms with E-state index in [1.807, 2.05) is 0 Å². The van der Waals surface area contributed by atoms with Gasteiger partial charge in [0.2, 0.25) is 0 Å². The molecule has 0 unspecified atom stereocenters. The molecular weight excluding hydrogens is 475 g/mol. The van der Waals surface area contributed by atoms with Crippen LogP contribution in [-0.2, 0) is 0 Å². The van der Waals surface area contributed by atoms with Gasteiger partial charge in [0.25, 0.3) is 0 Å². The van der Waals surface area contributed by atoms with Crippen molar-refractivity contribution in [1.82, 2.24) is 0 Å². The van der Waals surface area contributed by atoms with Gasteiger partial charge in [-0.3, -0.25) is 0 Å². The molecular formula is C27H26SSn. The van der Waals surface area contributed by atoms with E-state index in [4.69, 9.17) is 0 Å². The molecule has 4 rings (SSSR count). The first-order valence-corrected chi connectivity index (χ1v) is 18.6. The average molecular weight is 501 g/mol. The van der Waals surface area contributed by atoms with Crippen molar-refractivity contribution in [2.75, 3.05) is 0 Å². The van der Waals surface area contributed by atoms with Crippen molar-refractivity contribution >= 4 is 36.7 Å². The van der Waals surface area contributed by atoms with Gasteiger partial charge >= 0.3 is 182 Å². The SMILES string of the molecule is Cc1cc(C)c([S][Sn]([c]2ccccc2)([c]2ccccc2)[c]2ccccc2)c(C)c1.